The van der Waals surface area contributed by atoms with Gasteiger partial charge in [-0.05, 0) is 43.7 Å². The summed E-state index contributed by atoms with van der Waals surface area (Å²) < 4.78 is 5.20. The smallest absolute Gasteiger partial charge is 0.119 e. The van der Waals surface area contributed by atoms with Gasteiger partial charge in [0.05, 0.1) is 30.2 Å². The van der Waals surface area contributed by atoms with Crippen LogP contribution in [-0.2, 0) is 0 Å². The molecule has 0 N–H and O–H groups in total. The molecule has 0 unspecified atom stereocenters. The molecule has 22 heavy (non-hydrogen) atoms. The van der Waals surface area contributed by atoms with E-state index in [1.807, 2.05) is 50.2 Å². The van der Waals surface area contributed by atoms with E-state index in [0.717, 1.165) is 28.3 Å². The third-order valence-electron chi connectivity index (χ3n) is 3.27. The number of nitrogens with zero attached hydrogens (tertiary/aromatic N) is 3. The van der Waals surface area contributed by atoms with Crippen molar-refractivity contribution in [2.75, 3.05) is 7.11 Å². The molecule has 0 heterocycles. The SMILES string of the molecule is COc1cccc(/C(C)=N/N=C(\C)c2ccc(C#N)cc2)c1. The lowest BCUT2D eigenvalue weighted by Gasteiger charge is -2.03. The van der Waals surface area contributed by atoms with Gasteiger partial charge in [-0.25, -0.2) is 0 Å². The summed E-state index contributed by atoms with van der Waals surface area (Å²) in [5.74, 6) is 0.792. The molecule has 2 aromatic carbocycles. The number of nitriles is 1. The Kier molecular flexibility index (Phi) is 5.05. The fourth-order valence-electron chi connectivity index (χ4n) is 1.90. The zero-order valence-electron chi connectivity index (χ0n) is 12.9. The summed E-state index contributed by atoms with van der Waals surface area (Å²) in [6, 6.07) is 17.1. The normalized spacial score (nSPS) is 11.9. The van der Waals surface area contributed by atoms with Gasteiger partial charge in [-0.15, -0.1) is 0 Å². The number of methoxy groups -OCH3 is 1. The minimum Gasteiger partial charge on any atom is -0.497 e. The highest BCUT2D eigenvalue weighted by Crippen LogP contribution is 2.13. The molecule has 4 heteroatoms. The van der Waals surface area contributed by atoms with Crippen LogP contribution in [0.5, 0.6) is 5.75 Å². The van der Waals surface area contributed by atoms with Crippen molar-refractivity contribution >= 4 is 11.4 Å². The molecule has 2 aromatic rings. The Morgan fingerprint density at radius 2 is 1.59 bits per heavy atom. The molecule has 0 saturated heterocycles. The van der Waals surface area contributed by atoms with Gasteiger partial charge in [0, 0.05) is 5.56 Å². The molecule has 0 aromatic heterocycles. The van der Waals surface area contributed by atoms with Gasteiger partial charge >= 0.3 is 0 Å². The molecule has 0 aliphatic carbocycles. The second kappa shape index (κ2) is 7.19. The Labute approximate surface area is 130 Å². The summed E-state index contributed by atoms with van der Waals surface area (Å²) in [6.45, 7) is 3.80. The second-order valence-electron chi connectivity index (χ2n) is 4.79. The van der Waals surface area contributed by atoms with Crippen LogP contribution in [0, 0.1) is 11.3 Å². The lowest BCUT2D eigenvalue weighted by molar-refractivity contribution is 0.414. The van der Waals surface area contributed by atoms with Gasteiger partial charge in [-0.1, -0.05) is 24.3 Å². The van der Waals surface area contributed by atoms with E-state index in [1.54, 1.807) is 19.2 Å². The van der Waals surface area contributed by atoms with Gasteiger partial charge in [0.2, 0.25) is 0 Å². The van der Waals surface area contributed by atoms with Crippen LogP contribution < -0.4 is 4.74 Å². The van der Waals surface area contributed by atoms with Crippen LogP contribution in [0.3, 0.4) is 0 Å². The van der Waals surface area contributed by atoms with Gasteiger partial charge in [0.1, 0.15) is 5.75 Å². The Morgan fingerprint density at radius 1 is 0.955 bits per heavy atom. The molecule has 4 nitrogen and oxygen atoms in total. The van der Waals surface area contributed by atoms with E-state index >= 15 is 0 Å². The van der Waals surface area contributed by atoms with E-state index < -0.39 is 0 Å². The van der Waals surface area contributed by atoms with Gasteiger partial charge in [-0.3, -0.25) is 0 Å². The number of benzene rings is 2. The van der Waals surface area contributed by atoms with Gasteiger partial charge in [-0.2, -0.15) is 15.5 Å². The van der Waals surface area contributed by atoms with Crippen molar-refractivity contribution in [3.63, 3.8) is 0 Å². The molecule has 0 fully saturated rings. The first kappa shape index (κ1) is 15.5. The third-order valence-corrected chi connectivity index (χ3v) is 3.27. The van der Waals surface area contributed by atoms with Crippen LogP contribution >= 0.6 is 0 Å². The summed E-state index contributed by atoms with van der Waals surface area (Å²) in [7, 11) is 1.64. The molecule has 0 saturated carbocycles. The Hall–Kier alpha value is -2.93. The minimum atomic E-state index is 0.632. The Bertz CT molecular complexity index is 753. The van der Waals surface area contributed by atoms with Crippen LogP contribution in [0.1, 0.15) is 30.5 Å². The molecular weight excluding hydrogens is 274 g/mol. The molecule has 0 aliphatic heterocycles. The van der Waals surface area contributed by atoms with Crippen molar-refractivity contribution in [1.82, 2.24) is 0 Å². The van der Waals surface area contributed by atoms with E-state index in [9.17, 15) is 0 Å². The zero-order chi connectivity index (χ0) is 15.9. The summed E-state index contributed by atoms with van der Waals surface area (Å²) in [5.41, 5.74) is 4.16. The molecule has 110 valence electrons. The molecule has 0 atom stereocenters. The van der Waals surface area contributed by atoms with Crippen LogP contribution in [0.25, 0.3) is 0 Å². The van der Waals surface area contributed by atoms with E-state index in [1.165, 1.54) is 0 Å². The van der Waals surface area contributed by atoms with Crippen molar-refractivity contribution < 1.29 is 4.74 Å². The molecule has 0 aliphatic rings. The summed E-state index contributed by atoms with van der Waals surface area (Å²) in [6.07, 6.45) is 0. The monoisotopic (exact) mass is 291 g/mol. The van der Waals surface area contributed by atoms with Gasteiger partial charge < -0.3 is 4.74 Å². The third kappa shape index (κ3) is 3.80. The Morgan fingerprint density at radius 3 is 2.18 bits per heavy atom. The Balaban J connectivity index is 2.21. The average Bonchev–Trinajstić information content (AvgIpc) is 2.59. The first-order valence-corrected chi connectivity index (χ1v) is 6.88. The summed E-state index contributed by atoms with van der Waals surface area (Å²) in [5, 5.41) is 17.3. The quantitative estimate of drug-likeness (QED) is 0.635. The number of rotatable bonds is 4. The fourth-order valence-corrected chi connectivity index (χ4v) is 1.90. The molecule has 0 spiro atoms. The van der Waals surface area contributed by atoms with E-state index in [2.05, 4.69) is 16.3 Å². The van der Waals surface area contributed by atoms with Crippen molar-refractivity contribution in [2.24, 2.45) is 10.2 Å². The minimum absolute atomic E-state index is 0.632. The first-order chi connectivity index (χ1) is 10.6. The van der Waals surface area contributed by atoms with Crippen molar-refractivity contribution in [3.05, 3.63) is 65.2 Å². The lowest BCUT2D eigenvalue weighted by Crippen LogP contribution is -1.97. The molecular formula is C18H17N3O. The van der Waals surface area contributed by atoms with Crippen LogP contribution in [-0.4, -0.2) is 18.5 Å². The summed E-state index contributed by atoms with van der Waals surface area (Å²) >= 11 is 0. The topological polar surface area (TPSA) is 57.7 Å². The van der Waals surface area contributed by atoms with Gasteiger partial charge in [0.25, 0.3) is 0 Å². The highest BCUT2D eigenvalue weighted by atomic mass is 16.5. The maximum absolute atomic E-state index is 8.80. The molecule has 0 radical (unpaired) electrons. The standard InChI is InChI=1S/C18H17N3O/c1-13(16-9-7-15(12-19)8-10-16)20-21-14(2)17-5-4-6-18(11-17)22-3/h4-11H,1-3H3/b20-13+,21-14+. The predicted molar refractivity (Wildman–Crippen MR) is 88.6 cm³/mol. The van der Waals surface area contributed by atoms with E-state index in [-0.39, 0.29) is 0 Å². The molecule has 0 bridgehead atoms. The maximum atomic E-state index is 8.80. The number of hydrogen-bond donors (Lipinski definition) is 0. The largest absolute Gasteiger partial charge is 0.497 e. The van der Waals surface area contributed by atoms with Gasteiger partial charge in [0.15, 0.2) is 0 Å². The zero-order valence-corrected chi connectivity index (χ0v) is 12.9. The highest BCUT2D eigenvalue weighted by molar-refractivity contribution is 6.01. The van der Waals surface area contributed by atoms with Crippen LogP contribution in [0.2, 0.25) is 0 Å². The van der Waals surface area contributed by atoms with E-state index in [0.29, 0.717) is 5.56 Å². The highest BCUT2D eigenvalue weighted by Gasteiger charge is 2.01. The fraction of sp³-hybridized carbons (Fsp3) is 0.167. The van der Waals surface area contributed by atoms with Crippen molar-refractivity contribution in [1.29, 1.82) is 5.26 Å². The van der Waals surface area contributed by atoms with Crippen LogP contribution in [0.15, 0.2) is 58.7 Å². The van der Waals surface area contributed by atoms with Crippen molar-refractivity contribution in [3.8, 4) is 11.8 Å². The number of hydrogen-bond acceptors (Lipinski definition) is 4. The predicted octanol–water partition coefficient (Wildman–Crippen LogP) is 3.80. The second-order valence-corrected chi connectivity index (χ2v) is 4.79. The average molecular weight is 291 g/mol. The maximum Gasteiger partial charge on any atom is 0.119 e. The summed E-state index contributed by atoms with van der Waals surface area (Å²) in [4.78, 5) is 0. The lowest BCUT2D eigenvalue weighted by atomic mass is 10.1. The first-order valence-electron chi connectivity index (χ1n) is 6.88. The van der Waals surface area contributed by atoms with Crippen LogP contribution in [0.4, 0.5) is 0 Å². The van der Waals surface area contributed by atoms with Crippen molar-refractivity contribution in [2.45, 2.75) is 13.8 Å². The molecule has 2 rings (SSSR count). The van der Waals surface area contributed by atoms with E-state index in [4.69, 9.17) is 10.00 Å². The number of ether oxygens (including phenoxy) is 1. The molecule has 0 amide bonds.